The average molecular weight is 895 g/mol. The Labute approximate surface area is 411 Å². The van der Waals surface area contributed by atoms with E-state index < -0.39 is 5.41 Å². The molecule has 0 radical (unpaired) electrons. The number of anilines is 6. The topological polar surface area (TPSA) is 6.48 Å². The van der Waals surface area contributed by atoms with Gasteiger partial charge in [0, 0.05) is 33.9 Å². The second-order valence-corrected chi connectivity index (χ2v) is 19.3. The first-order valence-corrected chi connectivity index (χ1v) is 24.4. The third kappa shape index (κ3) is 6.48. The van der Waals surface area contributed by atoms with Crippen molar-refractivity contribution >= 4 is 44.9 Å². The molecule has 0 unspecified atom stereocenters. The molecule has 11 aromatic carbocycles. The molecule has 332 valence electrons. The van der Waals surface area contributed by atoms with Crippen molar-refractivity contribution in [2.75, 3.05) is 9.80 Å². The number of hydrogen-bond donors (Lipinski definition) is 0. The first-order valence-electron chi connectivity index (χ1n) is 24.4. The number of fused-ring (bicyclic) bond motifs is 7. The molecule has 70 heavy (non-hydrogen) atoms. The van der Waals surface area contributed by atoms with Crippen LogP contribution in [0.4, 0.5) is 34.1 Å². The molecule has 0 saturated carbocycles. The van der Waals surface area contributed by atoms with E-state index in [4.69, 9.17) is 0 Å². The summed E-state index contributed by atoms with van der Waals surface area (Å²) in [6, 6.07) is 98.6. The molecule has 0 aliphatic heterocycles. The summed E-state index contributed by atoms with van der Waals surface area (Å²) in [4.78, 5) is 4.91. The Kier molecular flexibility index (Phi) is 9.78. The normalized spacial score (nSPS) is 13.5. The number of para-hydroxylation sites is 1. The van der Waals surface area contributed by atoms with Crippen LogP contribution >= 0.6 is 0 Å². The SMILES string of the molecule is CC1(C)c2ccccc2-c2cccc(N(c3cccc(N(c4ccccc4)c4ccc(-c5ccc6ccccc6c5)cc4)c3)c3cccc(C4(c5ccccc5)c5ccccc5-c5ccccc54)c3)c21. The molecule has 2 nitrogen and oxygen atoms in total. The standard InChI is InChI=1S/C68H50N2/c1-67(2)62-34-14-11-32-60(62)61-33-19-37-65(66(61)67)70(55-27-17-24-52(45-55)68(51-22-5-3-6-23-51)63-35-15-12-30-58(63)59-31-13-16-36-64(59)68)57-29-18-28-56(46-57)69(53-25-7-4-8-26-53)54-42-40-48(41-43-54)50-39-38-47-20-9-10-21-49(47)44-50/h3-46H,1-2H3. The van der Waals surface area contributed by atoms with E-state index in [1.807, 2.05) is 0 Å². The number of benzene rings is 11. The fourth-order valence-corrected chi connectivity index (χ4v) is 12.0. The number of hydrogen-bond acceptors (Lipinski definition) is 2. The van der Waals surface area contributed by atoms with Crippen LogP contribution in [0.3, 0.4) is 0 Å². The van der Waals surface area contributed by atoms with Crippen molar-refractivity contribution in [3.8, 4) is 33.4 Å². The molecule has 0 N–H and O–H groups in total. The summed E-state index contributed by atoms with van der Waals surface area (Å²) in [6.07, 6.45) is 0. The summed E-state index contributed by atoms with van der Waals surface area (Å²) < 4.78 is 0. The van der Waals surface area contributed by atoms with E-state index in [1.165, 1.54) is 83.2 Å². The fraction of sp³-hybridized carbons (Fsp3) is 0.0588. The Bertz CT molecular complexity index is 3710. The highest BCUT2D eigenvalue weighted by Gasteiger charge is 2.46. The molecule has 0 bridgehead atoms. The van der Waals surface area contributed by atoms with Crippen molar-refractivity contribution in [2.24, 2.45) is 0 Å². The van der Waals surface area contributed by atoms with Gasteiger partial charge in [-0.25, -0.2) is 0 Å². The highest BCUT2D eigenvalue weighted by atomic mass is 15.2. The van der Waals surface area contributed by atoms with Crippen LogP contribution in [0.25, 0.3) is 44.2 Å². The zero-order valence-electron chi connectivity index (χ0n) is 39.3. The summed E-state index contributed by atoms with van der Waals surface area (Å²) >= 11 is 0. The zero-order chi connectivity index (χ0) is 46.8. The predicted molar refractivity (Wildman–Crippen MR) is 294 cm³/mol. The summed E-state index contributed by atoms with van der Waals surface area (Å²) in [6.45, 7) is 4.78. The molecule has 0 heterocycles. The van der Waals surface area contributed by atoms with E-state index in [0.29, 0.717) is 0 Å². The number of rotatable bonds is 9. The molecule has 2 heteroatoms. The van der Waals surface area contributed by atoms with E-state index in [1.54, 1.807) is 0 Å². The van der Waals surface area contributed by atoms with Crippen LogP contribution in [0.2, 0.25) is 0 Å². The minimum absolute atomic E-state index is 0.257. The highest BCUT2D eigenvalue weighted by Crippen LogP contribution is 2.58. The maximum Gasteiger partial charge on any atom is 0.0714 e. The van der Waals surface area contributed by atoms with Gasteiger partial charge in [-0.15, -0.1) is 0 Å². The van der Waals surface area contributed by atoms with E-state index >= 15 is 0 Å². The Balaban J connectivity index is 1.01. The second kappa shape index (κ2) is 16.5. The quantitative estimate of drug-likeness (QED) is 0.142. The fourth-order valence-electron chi connectivity index (χ4n) is 12.0. The molecule has 13 rings (SSSR count). The van der Waals surface area contributed by atoms with Gasteiger partial charge < -0.3 is 9.80 Å². The van der Waals surface area contributed by atoms with Gasteiger partial charge in [0.1, 0.15) is 0 Å². The molecule has 0 amide bonds. The van der Waals surface area contributed by atoms with Crippen LogP contribution in [-0.4, -0.2) is 0 Å². The molecule has 0 aromatic heterocycles. The van der Waals surface area contributed by atoms with Crippen LogP contribution < -0.4 is 9.80 Å². The van der Waals surface area contributed by atoms with Crippen LogP contribution in [0, 0.1) is 0 Å². The largest absolute Gasteiger partial charge is 0.310 e. The van der Waals surface area contributed by atoms with Crippen molar-refractivity contribution in [2.45, 2.75) is 24.7 Å². The summed E-state index contributed by atoms with van der Waals surface area (Å²) in [5.74, 6) is 0. The van der Waals surface area contributed by atoms with Gasteiger partial charge in [-0.3, -0.25) is 0 Å². The lowest BCUT2D eigenvalue weighted by Gasteiger charge is -2.36. The van der Waals surface area contributed by atoms with Gasteiger partial charge in [-0.05, 0) is 144 Å². The molecular weight excluding hydrogens is 845 g/mol. The van der Waals surface area contributed by atoms with Crippen LogP contribution in [-0.2, 0) is 10.8 Å². The van der Waals surface area contributed by atoms with Gasteiger partial charge in [-0.1, -0.05) is 214 Å². The Morgan fingerprint density at radius 2 is 0.757 bits per heavy atom. The minimum atomic E-state index is -0.546. The van der Waals surface area contributed by atoms with E-state index in [2.05, 4.69) is 291 Å². The van der Waals surface area contributed by atoms with Gasteiger partial charge in [0.15, 0.2) is 0 Å². The summed E-state index contributed by atoms with van der Waals surface area (Å²) in [7, 11) is 0. The van der Waals surface area contributed by atoms with Crippen LogP contribution in [0.1, 0.15) is 47.2 Å². The smallest absolute Gasteiger partial charge is 0.0714 e. The molecule has 2 aliphatic rings. The van der Waals surface area contributed by atoms with Crippen LogP contribution in [0.15, 0.2) is 267 Å². The molecule has 0 atom stereocenters. The third-order valence-corrected chi connectivity index (χ3v) is 15.1. The third-order valence-electron chi connectivity index (χ3n) is 15.1. The predicted octanol–water partition coefficient (Wildman–Crippen LogP) is 18.1. The maximum atomic E-state index is 2.52. The molecule has 11 aromatic rings. The van der Waals surface area contributed by atoms with Crippen molar-refractivity contribution in [1.29, 1.82) is 0 Å². The van der Waals surface area contributed by atoms with E-state index in [0.717, 1.165) is 28.4 Å². The van der Waals surface area contributed by atoms with Gasteiger partial charge in [0.25, 0.3) is 0 Å². The van der Waals surface area contributed by atoms with Gasteiger partial charge in [-0.2, -0.15) is 0 Å². The molecular formula is C68H50N2. The van der Waals surface area contributed by atoms with E-state index in [9.17, 15) is 0 Å². The summed E-state index contributed by atoms with van der Waals surface area (Å²) in [5.41, 5.74) is 21.1. The second-order valence-electron chi connectivity index (χ2n) is 19.3. The lowest BCUT2D eigenvalue weighted by Crippen LogP contribution is -2.29. The Hall–Kier alpha value is -8.72. The minimum Gasteiger partial charge on any atom is -0.310 e. The van der Waals surface area contributed by atoms with Crippen molar-refractivity contribution in [1.82, 2.24) is 0 Å². The zero-order valence-corrected chi connectivity index (χ0v) is 39.3. The van der Waals surface area contributed by atoms with Crippen molar-refractivity contribution < 1.29 is 0 Å². The Morgan fingerprint density at radius 3 is 1.46 bits per heavy atom. The Morgan fingerprint density at radius 1 is 0.286 bits per heavy atom. The first-order chi connectivity index (χ1) is 34.5. The van der Waals surface area contributed by atoms with Crippen molar-refractivity contribution in [3.05, 3.63) is 300 Å². The first kappa shape index (κ1) is 41.5. The summed E-state index contributed by atoms with van der Waals surface area (Å²) in [5, 5.41) is 2.49. The van der Waals surface area contributed by atoms with Gasteiger partial charge in [0.2, 0.25) is 0 Å². The molecule has 0 fully saturated rings. The molecule has 0 spiro atoms. The maximum absolute atomic E-state index is 2.52. The van der Waals surface area contributed by atoms with Gasteiger partial charge in [0.05, 0.1) is 11.1 Å². The van der Waals surface area contributed by atoms with E-state index in [-0.39, 0.29) is 5.41 Å². The lowest BCUT2D eigenvalue weighted by atomic mass is 9.67. The lowest BCUT2D eigenvalue weighted by molar-refractivity contribution is 0.661. The van der Waals surface area contributed by atoms with Crippen molar-refractivity contribution in [3.63, 3.8) is 0 Å². The molecule has 2 aliphatic carbocycles. The molecule has 0 saturated heterocycles. The monoisotopic (exact) mass is 894 g/mol. The van der Waals surface area contributed by atoms with Gasteiger partial charge >= 0.3 is 0 Å². The van der Waals surface area contributed by atoms with Crippen LogP contribution in [0.5, 0.6) is 0 Å². The number of nitrogens with zero attached hydrogens (tertiary/aromatic N) is 2. The average Bonchev–Trinajstić information content (AvgIpc) is 3.86. The highest BCUT2D eigenvalue weighted by molar-refractivity contribution is 5.93.